The van der Waals surface area contributed by atoms with Crippen LogP contribution in [0, 0.1) is 0 Å². The maximum absolute atomic E-state index is 12.4. The Hall–Kier alpha value is -1.95. The van der Waals surface area contributed by atoms with Gasteiger partial charge in [-0.2, -0.15) is 5.10 Å². The van der Waals surface area contributed by atoms with Gasteiger partial charge in [0.05, 0.1) is 11.1 Å². The number of hydrogen-bond acceptors (Lipinski definition) is 4. The van der Waals surface area contributed by atoms with Gasteiger partial charge in [0, 0.05) is 37.8 Å². The molecule has 2 aromatic heterocycles. The van der Waals surface area contributed by atoms with Crippen molar-refractivity contribution in [1.29, 1.82) is 0 Å². The van der Waals surface area contributed by atoms with Gasteiger partial charge in [0.1, 0.15) is 12.7 Å². The first-order valence-corrected chi connectivity index (χ1v) is 7.26. The molecule has 7 heteroatoms. The average molecular weight is 306 g/mol. The number of nitrogens with zero attached hydrogens (tertiary/aromatic N) is 5. The summed E-state index contributed by atoms with van der Waals surface area (Å²) in [5.74, 6) is 0.114. The van der Waals surface area contributed by atoms with Crippen LogP contribution in [0.1, 0.15) is 30.6 Å². The molecule has 2 aromatic rings. The number of amides is 1. The summed E-state index contributed by atoms with van der Waals surface area (Å²) >= 11 is 5.97. The molecule has 0 N–H and O–H groups in total. The highest BCUT2D eigenvalue weighted by molar-refractivity contribution is 6.30. The molecule has 1 aliphatic heterocycles. The van der Waals surface area contributed by atoms with Crippen LogP contribution in [-0.2, 0) is 17.8 Å². The van der Waals surface area contributed by atoms with Gasteiger partial charge in [-0.05, 0) is 18.6 Å². The minimum absolute atomic E-state index is 0.00103. The summed E-state index contributed by atoms with van der Waals surface area (Å²) in [7, 11) is 0. The minimum Gasteiger partial charge on any atom is -0.338 e. The number of pyridine rings is 1. The zero-order valence-corrected chi connectivity index (χ0v) is 12.5. The van der Waals surface area contributed by atoms with E-state index >= 15 is 0 Å². The minimum atomic E-state index is -0.00103. The second kappa shape index (κ2) is 5.81. The van der Waals surface area contributed by atoms with E-state index in [4.69, 9.17) is 11.6 Å². The number of aromatic nitrogens is 4. The van der Waals surface area contributed by atoms with Gasteiger partial charge in [-0.1, -0.05) is 11.6 Å². The molecule has 110 valence electrons. The maximum atomic E-state index is 12.4. The Bertz CT molecular complexity index is 643. The number of hydrogen-bond donors (Lipinski definition) is 0. The molecule has 1 amide bonds. The van der Waals surface area contributed by atoms with Crippen LogP contribution in [0.5, 0.6) is 0 Å². The number of carbonyl (C=O) groups is 1. The topological polar surface area (TPSA) is 63.9 Å². The molecule has 1 aliphatic rings. The zero-order chi connectivity index (χ0) is 14.8. The van der Waals surface area contributed by atoms with Gasteiger partial charge in [0.15, 0.2) is 0 Å². The van der Waals surface area contributed by atoms with Gasteiger partial charge >= 0.3 is 0 Å². The van der Waals surface area contributed by atoms with Crippen molar-refractivity contribution in [3.05, 3.63) is 41.2 Å². The summed E-state index contributed by atoms with van der Waals surface area (Å²) in [6, 6.07) is 1.89. The van der Waals surface area contributed by atoms with Crippen LogP contribution in [0.15, 0.2) is 24.9 Å². The zero-order valence-electron chi connectivity index (χ0n) is 11.7. The highest BCUT2D eigenvalue weighted by Crippen LogP contribution is 2.22. The highest BCUT2D eigenvalue weighted by Gasteiger charge is 2.23. The molecular weight excluding hydrogens is 290 g/mol. The lowest BCUT2D eigenvalue weighted by Crippen LogP contribution is -2.37. The summed E-state index contributed by atoms with van der Waals surface area (Å²) in [5.41, 5.74) is 2.07. The van der Waals surface area contributed by atoms with E-state index in [9.17, 15) is 4.79 Å². The van der Waals surface area contributed by atoms with Crippen LogP contribution in [0.3, 0.4) is 0 Å². The molecule has 1 unspecified atom stereocenters. The Labute approximate surface area is 127 Å². The van der Waals surface area contributed by atoms with Crippen LogP contribution in [-0.4, -0.2) is 37.1 Å². The molecule has 6 nitrogen and oxygen atoms in total. The van der Waals surface area contributed by atoms with Crippen LogP contribution in [0.2, 0.25) is 5.02 Å². The summed E-state index contributed by atoms with van der Waals surface area (Å²) in [6.07, 6.45) is 5.95. The predicted octanol–water partition coefficient (Wildman–Crippen LogP) is 1.86. The molecule has 0 spiro atoms. The predicted molar refractivity (Wildman–Crippen MR) is 77.7 cm³/mol. The molecule has 1 atom stereocenters. The van der Waals surface area contributed by atoms with Crippen molar-refractivity contribution in [2.45, 2.75) is 32.4 Å². The molecule has 0 fully saturated rings. The van der Waals surface area contributed by atoms with Crippen molar-refractivity contribution < 1.29 is 4.79 Å². The Morgan fingerprint density at radius 1 is 1.52 bits per heavy atom. The van der Waals surface area contributed by atoms with Crippen LogP contribution >= 0.6 is 11.6 Å². The molecule has 3 heterocycles. The summed E-state index contributed by atoms with van der Waals surface area (Å²) in [6.45, 7) is 3.24. The molecule has 21 heavy (non-hydrogen) atoms. The molecule has 0 radical (unpaired) electrons. The summed E-state index contributed by atoms with van der Waals surface area (Å²) in [4.78, 5) is 22.5. The summed E-state index contributed by atoms with van der Waals surface area (Å²) in [5, 5.41) is 4.68. The highest BCUT2D eigenvalue weighted by atomic mass is 35.5. The van der Waals surface area contributed by atoms with Crippen molar-refractivity contribution in [1.82, 2.24) is 24.6 Å². The van der Waals surface area contributed by atoms with Gasteiger partial charge in [-0.15, -0.1) is 0 Å². The first kappa shape index (κ1) is 14.0. The Morgan fingerprint density at radius 2 is 2.38 bits per heavy atom. The third-order valence-electron chi connectivity index (χ3n) is 3.72. The second-order valence-electron chi connectivity index (χ2n) is 5.25. The van der Waals surface area contributed by atoms with E-state index in [1.807, 2.05) is 17.9 Å². The van der Waals surface area contributed by atoms with Crippen molar-refractivity contribution in [3.63, 3.8) is 0 Å². The molecule has 0 aromatic carbocycles. The van der Waals surface area contributed by atoms with Crippen LogP contribution < -0.4 is 0 Å². The van der Waals surface area contributed by atoms with E-state index in [0.29, 0.717) is 24.5 Å². The van der Waals surface area contributed by atoms with Gasteiger partial charge < -0.3 is 4.90 Å². The molecular formula is C14H16ClN5O. The smallest absolute Gasteiger partial charge is 0.225 e. The van der Waals surface area contributed by atoms with Crippen molar-refractivity contribution >= 4 is 17.5 Å². The number of halogens is 1. The molecule has 0 bridgehead atoms. The Balaban J connectivity index is 1.67. The SMILES string of the molecule is CC(CC(=O)N1CCc2ncc(Cl)cc2C1)n1cncn1. The lowest BCUT2D eigenvalue weighted by Gasteiger charge is -2.29. The second-order valence-corrected chi connectivity index (χ2v) is 5.69. The standard InChI is InChI=1S/C14H16ClN5O/c1-10(20-9-16-8-18-20)4-14(21)19-3-2-13-11(7-19)5-12(15)6-17-13/h5-6,8-10H,2-4,7H2,1H3. The lowest BCUT2D eigenvalue weighted by atomic mass is 10.0. The molecule has 0 aliphatic carbocycles. The molecule has 3 rings (SSSR count). The van der Waals surface area contributed by atoms with Crippen LogP contribution in [0.25, 0.3) is 0 Å². The van der Waals surface area contributed by atoms with E-state index in [0.717, 1.165) is 17.7 Å². The fourth-order valence-electron chi connectivity index (χ4n) is 2.53. The van der Waals surface area contributed by atoms with E-state index in [1.165, 1.54) is 6.33 Å². The Morgan fingerprint density at radius 3 is 3.14 bits per heavy atom. The van der Waals surface area contributed by atoms with E-state index < -0.39 is 0 Å². The van der Waals surface area contributed by atoms with Gasteiger partial charge in [-0.25, -0.2) is 9.67 Å². The quantitative estimate of drug-likeness (QED) is 0.868. The molecule has 0 saturated heterocycles. The van der Waals surface area contributed by atoms with Gasteiger partial charge in [-0.3, -0.25) is 9.78 Å². The van der Waals surface area contributed by atoms with E-state index in [1.54, 1.807) is 17.2 Å². The Kier molecular flexibility index (Phi) is 3.88. The van der Waals surface area contributed by atoms with Gasteiger partial charge in [0.25, 0.3) is 0 Å². The number of rotatable bonds is 3. The van der Waals surface area contributed by atoms with Crippen LogP contribution in [0.4, 0.5) is 0 Å². The lowest BCUT2D eigenvalue weighted by molar-refractivity contribution is -0.132. The fraction of sp³-hybridized carbons (Fsp3) is 0.429. The number of carbonyl (C=O) groups excluding carboxylic acids is 1. The van der Waals surface area contributed by atoms with Crippen molar-refractivity contribution in [3.8, 4) is 0 Å². The first-order chi connectivity index (χ1) is 10.1. The number of fused-ring (bicyclic) bond motifs is 1. The largest absolute Gasteiger partial charge is 0.338 e. The van der Waals surface area contributed by atoms with Crippen molar-refractivity contribution in [2.24, 2.45) is 0 Å². The van der Waals surface area contributed by atoms with Crippen molar-refractivity contribution in [2.75, 3.05) is 6.54 Å². The molecule has 0 saturated carbocycles. The van der Waals surface area contributed by atoms with Gasteiger partial charge in [0.2, 0.25) is 5.91 Å². The third kappa shape index (κ3) is 3.05. The fourth-order valence-corrected chi connectivity index (χ4v) is 2.71. The summed E-state index contributed by atoms with van der Waals surface area (Å²) < 4.78 is 1.70. The van der Waals surface area contributed by atoms with E-state index in [-0.39, 0.29) is 11.9 Å². The maximum Gasteiger partial charge on any atom is 0.225 e. The third-order valence-corrected chi connectivity index (χ3v) is 3.92. The average Bonchev–Trinajstić information content (AvgIpc) is 3.00. The first-order valence-electron chi connectivity index (χ1n) is 6.88. The normalized spacial score (nSPS) is 15.6. The van der Waals surface area contributed by atoms with E-state index in [2.05, 4.69) is 15.1 Å². The monoisotopic (exact) mass is 305 g/mol.